The SMILES string of the molecule is Cn1c[n+](C)c2cc(Cc3ccc(C=O)cc3)c(Cc3ccc(C=O)cc3)cc21. The van der Waals surface area contributed by atoms with E-state index in [1.165, 1.54) is 33.3 Å². The van der Waals surface area contributed by atoms with E-state index in [0.717, 1.165) is 25.4 Å². The number of aromatic nitrogens is 2. The fraction of sp³-hybridized carbons (Fsp3) is 0.160. The van der Waals surface area contributed by atoms with Gasteiger partial charge in [0.25, 0.3) is 0 Å². The van der Waals surface area contributed by atoms with Crippen molar-refractivity contribution >= 4 is 23.6 Å². The molecule has 0 unspecified atom stereocenters. The van der Waals surface area contributed by atoms with E-state index in [1.54, 1.807) is 0 Å². The summed E-state index contributed by atoms with van der Waals surface area (Å²) in [4.78, 5) is 21.9. The van der Waals surface area contributed by atoms with Gasteiger partial charge in [-0.15, -0.1) is 0 Å². The third kappa shape index (κ3) is 3.87. The molecule has 0 aliphatic rings. The number of imidazole rings is 1. The highest BCUT2D eigenvalue weighted by molar-refractivity contribution is 5.76. The van der Waals surface area contributed by atoms with Gasteiger partial charge in [-0.25, -0.2) is 9.13 Å². The van der Waals surface area contributed by atoms with E-state index in [1.807, 2.05) is 48.5 Å². The lowest BCUT2D eigenvalue weighted by Crippen LogP contribution is -2.25. The van der Waals surface area contributed by atoms with Crippen molar-refractivity contribution in [3.8, 4) is 0 Å². The number of carbonyl (C=O) groups is 2. The van der Waals surface area contributed by atoms with E-state index in [2.05, 4.69) is 41.7 Å². The van der Waals surface area contributed by atoms with Gasteiger partial charge < -0.3 is 0 Å². The number of hydrogen-bond donors (Lipinski definition) is 0. The van der Waals surface area contributed by atoms with E-state index in [0.29, 0.717) is 11.1 Å². The van der Waals surface area contributed by atoms with Crippen molar-refractivity contribution in [2.24, 2.45) is 14.1 Å². The summed E-state index contributed by atoms with van der Waals surface area (Å²) in [5, 5.41) is 0. The topological polar surface area (TPSA) is 43.0 Å². The lowest BCUT2D eigenvalue weighted by molar-refractivity contribution is -0.645. The van der Waals surface area contributed by atoms with Gasteiger partial charge in [0, 0.05) is 11.1 Å². The van der Waals surface area contributed by atoms with Gasteiger partial charge >= 0.3 is 0 Å². The second-order valence-corrected chi connectivity index (χ2v) is 7.52. The average Bonchev–Trinajstić information content (AvgIpc) is 3.02. The van der Waals surface area contributed by atoms with Crippen molar-refractivity contribution in [2.45, 2.75) is 12.8 Å². The average molecular weight is 383 g/mol. The second-order valence-electron chi connectivity index (χ2n) is 7.52. The maximum atomic E-state index is 10.9. The third-order valence-corrected chi connectivity index (χ3v) is 5.42. The minimum atomic E-state index is 0.689. The molecule has 0 spiro atoms. The van der Waals surface area contributed by atoms with Crippen LogP contribution in [0.4, 0.5) is 0 Å². The van der Waals surface area contributed by atoms with Crippen molar-refractivity contribution in [3.05, 3.63) is 100 Å². The van der Waals surface area contributed by atoms with Gasteiger partial charge in [0.15, 0.2) is 11.0 Å². The monoisotopic (exact) mass is 383 g/mol. The first-order valence-corrected chi connectivity index (χ1v) is 9.62. The number of carbonyl (C=O) groups excluding carboxylic acids is 2. The molecular formula is C25H23N2O2+. The van der Waals surface area contributed by atoms with Crippen LogP contribution in [0, 0.1) is 0 Å². The van der Waals surface area contributed by atoms with Crippen molar-refractivity contribution in [3.63, 3.8) is 0 Å². The molecule has 0 fully saturated rings. The van der Waals surface area contributed by atoms with Gasteiger partial charge in [-0.2, -0.15) is 0 Å². The number of aryl methyl sites for hydroxylation is 2. The molecule has 0 aliphatic heterocycles. The lowest BCUT2D eigenvalue weighted by atomic mass is 9.94. The molecule has 144 valence electrons. The highest BCUT2D eigenvalue weighted by atomic mass is 16.1. The molecule has 4 rings (SSSR count). The van der Waals surface area contributed by atoms with Crippen molar-refractivity contribution in [1.82, 2.24) is 4.57 Å². The number of rotatable bonds is 6. The van der Waals surface area contributed by atoms with Crippen molar-refractivity contribution < 1.29 is 14.2 Å². The third-order valence-electron chi connectivity index (χ3n) is 5.42. The van der Waals surface area contributed by atoms with Crippen LogP contribution in [0.2, 0.25) is 0 Å². The zero-order valence-electron chi connectivity index (χ0n) is 16.6. The minimum absolute atomic E-state index is 0.689. The van der Waals surface area contributed by atoms with E-state index in [-0.39, 0.29) is 0 Å². The molecule has 4 aromatic rings. The van der Waals surface area contributed by atoms with Crippen molar-refractivity contribution in [1.29, 1.82) is 0 Å². The molecule has 0 amide bonds. The molecule has 0 bridgehead atoms. The normalized spacial score (nSPS) is 11.0. The molecule has 3 aromatic carbocycles. The minimum Gasteiger partial charge on any atom is -0.298 e. The number of fused-ring (bicyclic) bond motifs is 1. The predicted octanol–water partition coefficient (Wildman–Crippen LogP) is 3.81. The number of nitrogens with zero attached hydrogens (tertiary/aromatic N) is 2. The molecule has 0 atom stereocenters. The van der Waals surface area contributed by atoms with E-state index < -0.39 is 0 Å². The fourth-order valence-corrected chi connectivity index (χ4v) is 3.81. The highest BCUT2D eigenvalue weighted by Gasteiger charge is 2.16. The first-order valence-electron chi connectivity index (χ1n) is 9.62. The molecule has 0 N–H and O–H groups in total. The van der Waals surface area contributed by atoms with Crippen LogP contribution in [0.25, 0.3) is 11.0 Å². The molecule has 4 nitrogen and oxygen atoms in total. The summed E-state index contributed by atoms with van der Waals surface area (Å²) in [6, 6.07) is 20.0. The summed E-state index contributed by atoms with van der Waals surface area (Å²) in [6.45, 7) is 0. The van der Waals surface area contributed by atoms with Crippen LogP contribution < -0.4 is 4.57 Å². The highest BCUT2D eigenvalue weighted by Crippen LogP contribution is 2.24. The Morgan fingerprint density at radius 3 is 1.76 bits per heavy atom. The Kier molecular flexibility index (Phi) is 5.09. The predicted molar refractivity (Wildman–Crippen MR) is 113 cm³/mol. The lowest BCUT2D eigenvalue weighted by Gasteiger charge is -2.11. The molecule has 1 aromatic heterocycles. The zero-order chi connectivity index (χ0) is 20.4. The van der Waals surface area contributed by atoms with Gasteiger partial charge in [0.2, 0.25) is 6.33 Å². The van der Waals surface area contributed by atoms with Crippen LogP contribution in [0.1, 0.15) is 43.0 Å². The second kappa shape index (κ2) is 7.84. The first-order chi connectivity index (χ1) is 14.1. The van der Waals surface area contributed by atoms with Crippen molar-refractivity contribution in [2.75, 3.05) is 0 Å². The van der Waals surface area contributed by atoms with Crippen LogP contribution in [0.15, 0.2) is 67.0 Å². The summed E-state index contributed by atoms with van der Waals surface area (Å²) in [7, 11) is 4.12. The van der Waals surface area contributed by atoms with Gasteiger partial charge in [0.1, 0.15) is 12.6 Å². The molecule has 0 aliphatic carbocycles. The largest absolute Gasteiger partial charge is 0.298 e. The zero-order valence-corrected chi connectivity index (χ0v) is 16.6. The van der Waals surface area contributed by atoms with Crippen LogP contribution in [0.3, 0.4) is 0 Å². The maximum Gasteiger partial charge on any atom is 0.244 e. The van der Waals surface area contributed by atoms with E-state index >= 15 is 0 Å². The number of aldehydes is 2. The molecule has 0 saturated carbocycles. The number of benzene rings is 3. The Morgan fingerprint density at radius 2 is 1.28 bits per heavy atom. The van der Waals surface area contributed by atoms with Crippen LogP contribution in [0.5, 0.6) is 0 Å². The quantitative estimate of drug-likeness (QED) is 0.375. The molecule has 1 heterocycles. The number of hydrogen-bond acceptors (Lipinski definition) is 2. The standard InChI is InChI=1S/C25H23N2O2/c1-26-17-27(2)25-14-23(12-19-5-9-21(16-29)10-6-19)22(13-24(25)26)11-18-3-7-20(15-28)8-4-18/h3-10,13-17H,11-12H2,1-2H3/q+1. The Hall–Kier alpha value is -3.53. The van der Waals surface area contributed by atoms with E-state index in [9.17, 15) is 9.59 Å². The molecule has 4 heteroatoms. The maximum absolute atomic E-state index is 10.9. The summed E-state index contributed by atoms with van der Waals surface area (Å²) in [5.41, 5.74) is 8.62. The summed E-state index contributed by atoms with van der Waals surface area (Å²) >= 11 is 0. The fourth-order valence-electron chi connectivity index (χ4n) is 3.81. The van der Waals surface area contributed by atoms with Crippen LogP contribution in [-0.4, -0.2) is 17.1 Å². The van der Waals surface area contributed by atoms with Gasteiger partial charge in [-0.1, -0.05) is 48.5 Å². The van der Waals surface area contributed by atoms with Crippen LogP contribution in [-0.2, 0) is 26.9 Å². The van der Waals surface area contributed by atoms with E-state index in [4.69, 9.17) is 0 Å². The van der Waals surface area contributed by atoms with Gasteiger partial charge in [-0.3, -0.25) is 9.59 Å². The Bertz CT molecular complexity index is 1090. The molecule has 29 heavy (non-hydrogen) atoms. The summed E-state index contributed by atoms with van der Waals surface area (Å²) < 4.78 is 4.27. The molecule has 0 saturated heterocycles. The summed E-state index contributed by atoms with van der Waals surface area (Å²) in [6.07, 6.45) is 5.41. The Balaban J connectivity index is 1.76. The smallest absolute Gasteiger partial charge is 0.244 e. The van der Waals surface area contributed by atoms with Gasteiger partial charge in [-0.05, 0) is 47.2 Å². The van der Waals surface area contributed by atoms with Gasteiger partial charge in [0.05, 0.1) is 14.1 Å². The Morgan fingerprint density at radius 1 is 0.793 bits per heavy atom. The van der Waals surface area contributed by atoms with Crippen LogP contribution >= 0.6 is 0 Å². The molecule has 0 radical (unpaired) electrons. The first kappa shape index (κ1) is 18.8. The Labute approximate surface area is 170 Å². The molecular weight excluding hydrogens is 360 g/mol. The summed E-state index contributed by atoms with van der Waals surface area (Å²) in [5.74, 6) is 0.